The van der Waals surface area contributed by atoms with Gasteiger partial charge in [0.25, 0.3) is 0 Å². The number of ether oxygens (including phenoxy) is 1. The molecule has 9 heteroatoms. The summed E-state index contributed by atoms with van der Waals surface area (Å²) in [4.78, 5) is 14.5. The van der Waals surface area contributed by atoms with Gasteiger partial charge in [0.1, 0.15) is 10.9 Å². The second kappa shape index (κ2) is 7.16. The van der Waals surface area contributed by atoms with Crippen LogP contribution in [0.1, 0.15) is 26.7 Å². The van der Waals surface area contributed by atoms with Crippen LogP contribution in [0.2, 0.25) is 5.02 Å². The summed E-state index contributed by atoms with van der Waals surface area (Å²) in [5.74, 6) is 0.426. The summed E-state index contributed by atoms with van der Waals surface area (Å²) >= 11 is 5.89. The van der Waals surface area contributed by atoms with Gasteiger partial charge >= 0.3 is 6.03 Å². The van der Waals surface area contributed by atoms with Crippen molar-refractivity contribution in [1.29, 1.82) is 0 Å². The monoisotopic (exact) mass is 427 g/mol. The van der Waals surface area contributed by atoms with Crippen LogP contribution in [0.25, 0.3) is 0 Å². The summed E-state index contributed by atoms with van der Waals surface area (Å²) < 4.78 is 33.8. The van der Waals surface area contributed by atoms with Crippen LogP contribution in [0.3, 0.4) is 0 Å². The zero-order chi connectivity index (χ0) is 20.1. The van der Waals surface area contributed by atoms with Crippen molar-refractivity contribution < 1.29 is 17.9 Å². The predicted octanol–water partition coefficient (Wildman–Crippen LogP) is 2.78. The number of nitrogens with one attached hydrogen (secondary N) is 1. The number of fused-ring (bicyclic) bond motifs is 1. The van der Waals surface area contributed by atoms with E-state index in [1.807, 2.05) is 0 Å². The minimum Gasteiger partial charge on any atom is -0.365 e. The van der Waals surface area contributed by atoms with Crippen molar-refractivity contribution in [2.45, 2.75) is 43.6 Å². The molecule has 2 amide bonds. The van der Waals surface area contributed by atoms with Crippen LogP contribution in [0.4, 0.5) is 10.5 Å². The zero-order valence-electron chi connectivity index (χ0n) is 16.1. The largest absolute Gasteiger partial charge is 0.365 e. The fraction of sp³-hybridized carbons (Fsp3) is 0.632. The third-order valence-electron chi connectivity index (χ3n) is 5.85. The van der Waals surface area contributed by atoms with Gasteiger partial charge in [-0.25, -0.2) is 13.2 Å². The van der Waals surface area contributed by atoms with E-state index in [9.17, 15) is 13.2 Å². The number of rotatable bonds is 4. The van der Waals surface area contributed by atoms with Gasteiger partial charge in [-0.2, -0.15) is 4.31 Å². The molecular formula is C19H26ClN3O4S. The summed E-state index contributed by atoms with van der Waals surface area (Å²) in [5.41, 5.74) is -0.171. The van der Waals surface area contributed by atoms with Crippen molar-refractivity contribution >= 4 is 33.3 Å². The molecule has 1 spiro atoms. The molecule has 0 radical (unpaired) electrons. The first kappa shape index (κ1) is 19.9. The summed E-state index contributed by atoms with van der Waals surface area (Å²) in [6, 6.07) is 6.66. The highest BCUT2D eigenvalue weighted by Gasteiger charge is 2.65. The smallest absolute Gasteiger partial charge is 0.322 e. The van der Waals surface area contributed by atoms with Gasteiger partial charge in [0.05, 0.1) is 12.6 Å². The van der Waals surface area contributed by atoms with Gasteiger partial charge < -0.3 is 15.0 Å². The highest BCUT2D eigenvalue weighted by molar-refractivity contribution is 7.90. The Kier molecular flexibility index (Phi) is 5.10. The Hall–Kier alpha value is -1.35. The molecular weight excluding hydrogens is 402 g/mol. The standard InChI is InChI=1S/C19H26ClN3O4S/c1-13(2)7-8-23-12-19-11-22(10-16(27-19)9-17(19)28(23,25)26)18(24)21-15-5-3-14(20)4-6-15/h3-6,13,16-17H,7-12H2,1-2H3,(H,21,24)/t16-,17+,19+/m1/s1. The molecule has 3 saturated heterocycles. The quantitative estimate of drug-likeness (QED) is 0.801. The summed E-state index contributed by atoms with van der Waals surface area (Å²) in [6.45, 7) is 5.68. The number of amides is 2. The van der Waals surface area contributed by atoms with Crippen molar-refractivity contribution in [3.8, 4) is 0 Å². The van der Waals surface area contributed by atoms with Gasteiger partial charge in [0, 0.05) is 30.3 Å². The maximum absolute atomic E-state index is 13.0. The number of anilines is 1. The van der Waals surface area contributed by atoms with E-state index in [2.05, 4.69) is 19.2 Å². The first-order chi connectivity index (χ1) is 13.2. The summed E-state index contributed by atoms with van der Waals surface area (Å²) in [5, 5.41) is 2.90. The number of likely N-dealkylation sites (tertiary alicyclic amines) is 1. The van der Waals surface area contributed by atoms with E-state index in [1.54, 1.807) is 33.5 Å². The molecule has 0 unspecified atom stereocenters. The fourth-order valence-electron chi connectivity index (χ4n) is 4.44. The lowest BCUT2D eigenvalue weighted by Crippen LogP contribution is -2.57. The third kappa shape index (κ3) is 3.51. The molecule has 4 rings (SSSR count). The van der Waals surface area contributed by atoms with Gasteiger partial charge in [0.2, 0.25) is 10.0 Å². The van der Waals surface area contributed by atoms with E-state index in [1.165, 1.54) is 0 Å². The second-order valence-electron chi connectivity index (χ2n) is 8.41. The van der Waals surface area contributed by atoms with Crippen LogP contribution < -0.4 is 5.32 Å². The SMILES string of the molecule is CC(C)CCN1C[C@@]23CN(C(=O)Nc4ccc(Cl)cc4)C[C@@H](C[C@@H]2S1(=O)=O)O3. The van der Waals surface area contributed by atoms with E-state index in [4.69, 9.17) is 16.3 Å². The summed E-state index contributed by atoms with van der Waals surface area (Å²) in [6.07, 6.45) is 1.02. The van der Waals surface area contributed by atoms with Crippen LogP contribution >= 0.6 is 11.6 Å². The number of morpholine rings is 1. The van der Waals surface area contributed by atoms with Crippen molar-refractivity contribution in [2.75, 3.05) is 31.5 Å². The minimum absolute atomic E-state index is 0.239. The normalized spacial score (nSPS) is 31.2. The average Bonchev–Trinajstić information content (AvgIpc) is 3.00. The number of sulfonamides is 1. The van der Waals surface area contributed by atoms with Crippen LogP contribution in [0, 0.1) is 5.92 Å². The maximum atomic E-state index is 13.0. The first-order valence-corrected chi connectivity index (χ1v) is 11.6. The number of halogens is 1. The molecule has 2 bridgehead atoms. The molecule has 3 aliphatic heterocycles. The van der Waals surface area contributed by atoms with E-state index < -0.39 is 20.9 Å². The molecule has 3 heterocycles. The van der Waals surface area contributed by atoms with Gasteiger partial charge in [-0.15, -0.1) is 0 Å². The number of carbonyl (C=O) groups is 1. The summed E-state index contributed by atoms with van der Waals surface area (Å²) in [7, 11) is -3.40. The van der Waals surface area contributed by atoms with Crippen LogP contribution in [-0.2, 0) is 14.8 Å². The fourth-order valence-corrected chi connectivity index (χ4v) is 6.89. The molecule has 3 fully saturated rings. The van der Waals surface area contributed by atoms with Crippen LogP contribution in [0.5, 0.6) is 0 Å². The number of hydrogen-bond acceptors (Lipinski definition) is 4. The lowest BCUT2D eigenvalue weighted by Gasteiger charge is -2.39. The molecule has 0 aromatic heterocycles. The van der Waals surface area contributed by atoms with Crippen molar-refractivity contribution in [3.05, 3.63) is 29.3 Å². The Labute approximate surface area is 171 Å². The van der Waals surface area contributed by atoms with Crippen molar-refractivity contribution in [3.63, 3.8) is 0 Å². The minimum atomic E-state index is -3.40. The topological polar surface area (TPSA) is 79.0 Å². The van der Waals surface area contributed by atoms with E-state index in [0.29, 0.717) is 42.7 Å². The molecule has 154 valence electrons. The average molecular weight is 428 g/mol. The Bertz CT molecular complexity index is 860. The molecule has 1 N–H and O–H groups in total. The highest BCUT2D eigenvalue weighted by Crippen LogP contribution is 2.46. The maximum Gasteiger partial charge on any atom is 0.322 e. The van der Waals surface area contributed by atoms with Gasteiger partial charge in [0.15, 0.2) is 0 Å². The zero-order valence-corrected chi connectivity index (χ0v) is 17.7. The third-order valence-corrected chi connectivity index (χ3v) is 8.47. The Morgan fingerprint density at radius 3 is 2.71 bits per heavy atom. The number of carbonyl (C=O) groups excluding carboxylic acids is 1. The Morgan fingerprint density at radius 2 is 2.04 bits per heavy atom. The van der Waals surface area contributed by atoms with Crippen molar-refractivity contribution in [2.24, 2.45) is 5.92 Å². The van der Waals surface area contributed by atoms with Gasteiger partial charge in [-0.05, 0) is 43.0 Å². The van der Waals surface area contributed by atoms with Crippen molar-refractivity contribution in [1.82, 2.24) is 9.21 Å². The van der Waals surface area contributed by atoms with Crippen LogP contribution in [-0.4, -0.2) is 66.8 Å². The van der Waals surface area contributed by atoms with Gasteiger partial charge in [-0.1, -0.05) is 25.4 Å². The number of urea groups is 1. The number of hydrogen-bond donors (Lipinski definition) is 1. The number of nitrogens with zero attached hydrogens (tertiary/aromatic N) is 2. The lowest BCUT2D eigenvalue weighted by atomic mass is 9.99. The Morgan fingerprint density at radius 1 is 1.32 bits per heavy atom. The molecule has 0 aliphatic carbocycles. The molecule has 0 saturated carbocycles. The second-order valence-corrected chi connectivity index (χ2v) is 11.0. The van der Waals surface area contributed by atoms with Gasteiger partial charge in [-0.3, -0.25) is 0 Å². The molecule has 7 nitrogen and oxygen atoms in total. The predicted molar refractivity (Wildman–Crippen MR) is 108 cm³/mol. The molecule has 3 aliphatic rings. The first-order valence-electron chi connectivity index (χ1n) is 9.68. The highest BCUT2D eigenvalue weighted by atomic mass is 35.5. The van der Waals surface area contributed by atoms with E-state index >= 15 is 0 Å². The Balaban J connectivity index is 1.49. The molecule has 1 aromatic carbocycles. The molecule has 3 atom stereocenters. The molecule has 1 aromatic rings. The number of benzene rings is 1. The van der Waals surface area contributed by atoms with Crippen LogP contribution in [0.15, 0.2) is 24.3 Å². The van der Waals surface area contributed by atoms with E-state index in [0.717, 1.165) is 6.42 Å². The molecule has 28 heavy (non-hydrogen) atoms. The lowest BCUT2D eigenvalue weighted by molar-refractivity contribution is -0.0944. The van der Waals surface area contributed by atoms with E-state index in [-0.39, 0.29) is 18.7 Å².